The lowest BCUT2D eigenvalue weighted by atomic mass is 9.89. The van der Waals surface area contributed by atoms with Crippen molar-refractivity contribution < 1.29 is 9.59 Å². The molecule has 4 nitrogen and oxygen atoms in total. The summed E-state index contributed by atoms with van der Waals surface area (Å²) in [6.07, 6.45) is 0. The third kappa shape index (κ3) is 3.62. The van der Waals surface area contributed by atoms with Crippen LogP contribution in [0.1, 0.15) is 29.8 Å². The predicted molar refractivity (Wildman–Crippen MR) is 98.9 cm³/mol. The first-order chi connectivity index (χ1) is 11.4. The van der Waals surface area contributed by atoms with E-state index in [9.17, 15) is 9.59 Å². The van der Waals surface area contributed by atoms with Crippen molar-refractivity contribution in [1.29, 1.82) is 0 Å². The van der Waals surface area contributed by atoms with Crippen molar-refractivity contribution in [3.8, 4) is 0 Å². The van der Waals surface area contributed by atoms with Crippen LogP contribution in [-0.2, 0) is 10.3 Å². The summed E-state index contributed by atoms with van der Waals surface area (Å²) in [4.78, 5) is 26.7. The molecule has 2 aromatic rings. The van der Waals surface area contributed by atoms with Crippen LogP contribution in [0.2, 0.25) is 0 Å². The number of nitrogens with two attached hydrogens (primary N) is 1. The molecule has 2 rings (SSSR count). The summed E-state index contributed by atoms with van der Waals surface area (Å²) in [5.74, 6) is -0.662. The van der Waals surface area contributed by atoms with Crippen molar-refractivity contribution in [2.75, 3.05) is 5.75 Å². The fourth-order valence-corrected chi connectivity index (χ4v) is 3.13. The molecule has 2 amide bonds. The Morgan fingerprint density at radius 1 is 1.04 bits per heavy atom. The zero-order valence-electron chi connectivity index (χ0n) is 13.8. The van der Waals surface area contributed by atoms with Crippen LogP contribution in [0.5, 0.6) is 0 Å². The van der Waals surface area contributed by atoms with E-state index >= 15 is 0 Å². The molecule has 2 aromatic carbocycles. The molecule has 0 heterocycles. The second-order valence-corrected chi connectivity index (χ2v) is 6.43. The smallest absolute Gasteiger partial charge is 0.255 e. The van der Waals surface area contributed by atoms with Gasteiger partial charge >= 0.3 is 0 Å². The fraction of sp³-hybridized carbons (Fsp3) is 0.263. The van der Waals surface area contributed by atoms with E-state index in [4.69, 9.17) is 5.73 Å². The molecule has 24 heavy (non-hydrogen) atoms. The van der Waals surface area contributed by atoms with E-state index in [-0.39, 0.29) is 11.7 Å². The minimum atomic E-state index is -0.809. The standard InChI is InChI=1S/C19H22N2O2S/c1-19(2,15-11-7-4-8-12-15)21(16(13-24)17(20)22)18(23)14-9-5-3-6-10-14/h3-12,16,24H,13H2,1-2H3,(H2,20,22)/t16-/m0/s1. The van der Waals surface area contributed by atoms with E-state index in [1.54, 1.807) is 24.3 Å². The van der Waals surface area contributed by atoms with Crippen LogP contribution >= 0.6 is 12.6 Å². The zero-order valence-corrected chi connectivity index (χ0v) is 14.7. The SMILES string of the molecule is CC(C)(c1ccccc1)N(C(=O)c1ccccc1)[C@@H](CS)C(N)=O. The van der Waals surface area contributed by atoms with Gasteiger partial charge in [0.05, 0.1) is 5.54 Å². The number of benzene rings is 2. The van der Waals surface area contributed by atoms with Crippen molar-refractivity contribution in [3.05, 3.63) is 71.8 Å². The van der Waals surface area contributed by atoms with Crippen molar-refractivity contribution in [1.82, 2.24) is 4.90 Å². The number of primary amides is 1. The lowest BCUT2D eigenvalue weighted by molar-refractivity contribution is -0.123. The van der Waals surface area contributed by atoms with Gasteiger partial charge in [-0.05, 0) is 31.5 Å². The van der Waals surface area contributed by atoms with Crippen LogP contribution in [0.15, 0.2) is 60.7 Å². The number of nitrogens with zero attached hydrogens (tertiary/aromatic N) is 1. The van der Waals surface area contributed by atoms with Gasteiger partial charge in [0.2, 0.25) is 5.91 Å². The molecular weight excluding hydrogens is 320 g/mol. The van der Waals surface area contributed by atoms with Gasteiger partial charge in [-0.15, -0.1) is 0 Å². The molecule has 0 bridgehead atoms. The maximum Gasteiger partial charge on any atom is 0.255 e. The minimum absolute atomic E-state index is 0.157. The summed E-state index contributed by atoms with van der Waals surface area (Å²) in [7, 11) is 0. The number of hydrogen-bond donors (Lipinski definition) is 2. The molecule has 2 N–H and O–H groups in total. The molecule has 0 saturated heterocycles. The molecule has 0 aliphatic carbocycles. The molecule has 0 unspecified atom stereocenters. The van der Waals surface area contributed by atoms with Crippen molar-refractivity contribution in [2.24, 2.45) is 5.73 Å². The molecule has 0 aliphatic rings. The number of rotatable bonds is 6. The van der Waals surface area contributed by atoms with Crippen LogP contribution in [0, 0.1) is 0 Å². The third-order valence-electron chi connectivity index (χ3n) is 4.14. The highest BCUT2D eigenvalue weighted by Crippen LogP contribution is 2.31. The summed E-state index contributed by atoms with van der Waals surface area (Å²) >= 11 is 4.25. The first-order valence-corrected chi connectivity index (χ1v) is 8.37. The molecule has 5 heteroatoms. The lowest BCUT2D eigenvalue weighted by Crippen LogP contribution is -2.57. The number of hydrogen-bond acceptors (Lipinski definition) is 3. The van der Waals surface area contributed by atoms with Crippen molar-refractivity contribution in [3.63, 3.8) is 0 Å². The number of carbonyl (C=O) groups excluding carboxylic acids is 2. The summed E-state index contributed by atoms with van der Waals surface area (Å²) in [6, 6.07) is 17.7. The monoisotopic (exact) mass is 342 g/mol. The highest BCUT2D eigenvalue weighted by atomic mass is 32.1. The quantitative estimate of drug-likeness (QED) is 0.793. The second kappa shape index (κ2) is 7.53. The summed E-state index contributed by atoms with van der Waals surface area (Å²) in [5, 5.41) is 0. The molecule has 0 radical (unpaired) electrons. The van der Waals surface area contributed by atoms with E-state index in [0.29, 0.717) is 5.56 Å². The van der Waals surface area contributed by atoms with Gasteiger partial charge in [-0.2, -0.15) is 12.6 Å². The topological polar surface area (TPSA) is 63.4 Å². The Kier molecular flexibility index (Phi) is 5.67. The Morgan fingerprint density at radius 2 is 1.54 bits per heavy atom. The predicted octanol–water partition coefficient (Wildman–Crippen LogP) is 2.85. The average Bonchev–Trinajstić information content (AvgIpc) is 2.60. The van der Waals surface area contributed by atoms with Gasteiger partial charge in [-0.1, -0.05) is 48.5 Å². The number of amides is 2. The Bertz CT molecular complexity index is 702. The number of thiol groups is 1. The maximum atomic E-state index is 13.2. The Balaban J connectivity index is 2.55. The Morgan fingerprint density at radius 3 is 2.00 bits per heavy atom. The first kappa shape index (κ1) is 18.1. The summed E-state index contributed by atoms with van der Waals surface area (Å²) < 4.78 is 0. The van der Waals surface area contributed by atoms with E-state index in [2.05, 4.69) is 12.6 Å². The van der Waals surface area contributed by atoms with Gasteiger partial charge in [-0.3, -0.25) is 9.59 Å². The van der Waals surface area contributed by atoms with E-state index in [1.807, 2.05) is 50.2 Å². The van der Waals surface area contributed by atoms with E-state index in [1.165, 1.54) is 4.90 Å². The van der Waals surface area contributed by atoms with Crippen LogP contribution in [0.25, 0.3) is 0 Å². The van der Waals surface area contributed by atoms with E-state index in [0.717, 1.165) is 5.56 Å². The molecule has 0 fully saturated rings. The second-order valence-electron chi connectivity index (χ2n) is 6.07. The summed E-state index contributed by atoms with van der Waals surface area (Å²) in [5.41, 5.74) is 6.26. The van der Waals surface area contributed by atoms with Gasteiger partial charge in [0.15, 0.2) is 0 Å². The third-order valence-corrected chi connectivity index (χ3v) is 4.48. The molecule has 0 aromatic heterocycles. The summed E-state index contributed by atoms with van der Waals surface area (Å²) in [6.45, 7) is 3.81. The Hall–Kier alpha value is -2.27. The van der Waals surface area contributed by atoms with E-state index < -0.39 is 17.5 Å². The molecular formula is C19H22N2O2S. The zero-order chi connectivity index (χ0) is 17.7. The van der Waals surface area contributed by atoms with Crippen LogP contribution in [-0.4, -0.2) is 28.5 Å². The Labute approximate surface area is 148 Å². The number of carbonyl (C=O) groups is 2. The van der Waals surface area contributed by atoms with Gasteiger partial charge in [-0.25, -0.2) is 0 Å². The maximum absolute atomic E-state index is 13.2. The minimum Gasteiger partial charge on any atom is -0.368 e. The van der Waals surface area contributed by atoms with Crippen LogP contribution < -0.4 is 5.73 Å². The van der Waals surface area contributed by atoms with Gasteiger partial charge in [0, 0.05) is 11.3 Å². The largest absolute Gasteiger partial charge is 0.368 e. The average molecular weight is 342 g/mol. The molecule has 126 valence electrons. The fourth-order valence-electron chi connectivity index (χ4n) is 2.79. The lowest BCUT2D eigenvalue weighted by Gasteiger charge is -2.42. The van der Waals surface area contributed by atoms with Crippen molar-refractivity contribution in [2.45, 2.75) is 25.4 Å². The highest BCUT2D eigenvalue weighted by Gasteiger charge is 2.39. The van der Waals surface area contributed by atoms with Crippen molar-refractivity contribution >= 4 is 24.4 Å². The molecule has 0 aliphatic heterocycles. The van der Waals surface area contributed by atoms with Gasteiger partial charge < -0.3 is 10.6 Å². The van der Waals surface area contributed by atoms with Gasteiger partial charge in [0.25, 0.3) is 5.91 Å². The molecule has 1 atom stereocenters. The highest BCUT2D eigenvalue weighted by molar-refractivity contribution is 7.80. The normalized spacial score (nSPS) is 12.5. The van der Waals surface area contributed by atoms with Gasteiger partial charge in [0.1, 0.15) is 6.04 Å². The molecule has 0 spiro atoms. The first-order valence-electron chi connectivity index (χ1n) is 7.74. The van der Waals surface area contributed by atoms with Crippen LogP contribution in [0.4, 0.5) is 0 Å². The van der Waals surface area contributed by atoms with Crippen LogP contribution in [0.3, 0.4) is 0 Å². The molecule has 0 saturated carbocycles.